The number of H-pyrrole nitrogens is 1. The van der Waals surface area contributed by atoms with Crippen molar-refractivity contribution in [2.75, 3.05) is 11.5 Å². The Labute approximate surface area is 121 Å². The average molecular weight is 288 g/mol. The van der Waals surface area contributed by atoms with Gasteiger partial charge in [-0.1, -0.05) is 35.9 Å². The predicted octanol–water partition coefficient (Wildman–Crippen LogP) is 3.48. The quantitative estimate of drug-likeness (QED) is 0.473. The summed E-state index contributed by atoms with van der Waals surface area (Å²) < 4.78 is 0. The zero-order valence-corrected chi connectivity index (χ0v) is 11.4. The van der Waals surface area contributed by atoms with Crippen LogP contribution in [0.3, 0.4) is 0 Å². The van der Waals surface area contributed by atoms with Crippen LogP contribution in [0, 0.1) is 0 Å². The van der Waals surface area contributed by atoms with E-state index in [1.165, 1.54) is 0 Å². The summed E-state index contributed by atoms with van der Waals surface area (Å²) in [5.41, 5.74) is 13.5. The predicted molar refractivity (Wildman–Crippen MR) is 84.0 cm³/mol. The lowest BCUT2D eigenvalue weighted by molar-refractivity contribution is 0.112. The molecule has 1 heterocycles. The SMILES string of the molecule is Nc1ccccc1N.O=Cc1c[nH]c2c(Cl)cccc12. The van der Waals surface area contributed by atoms with Crippen LogP contribution in [0.1, 0.15) is 10.4 Å². The van der Waals surface area contributed by atoms with E-state index in [2.05, 4.69) is 4.98 Å². The van der Waals surface area contributed by atoms with Crippen molar-refractivity contribution in [1.82, 2.24) is 4.98 Å². The number of rotatable bonds is 1. The van der Waals surface area contributed by atoms with Crippen LogP contribution in [-0.4, -0.2) is 11.3 Å². The number of carbonyl (C=O) groups is 1. The maximum absolute atomic E-state index is 10.5. The van der Waals surface area contributed by atoms with E-state index in [1.54, 1.807) is 24.4 Å². The standard InChI is InChI=1S/C9H6ClNO.C6H8N2/c10-8-3-1-2-7-6(5-12)4-11-9(7)8;7-5-3-1-2-4-6(5)8/h1-5,11H;1-4H,7-8H2. The minimum absolute atomic E-state index is 0.639. The monoisotopic (exact) mass is 287 g/mol. The molecular weight excluding hydrogens is 274 g/mol. The van der Waals surface area contributed by atoms with Crippen molar-refractivity contribution in [2.45, 2.75) is 0 Å². The summed E-state index contributed by atoms with van der Waals surface area (Å²) in [6, 6.07) is 12.7. The second kappa shape index (κ2) is 6.12. The lowest BCUT2D eigenvalue weighted by atomic mass is 10.2. The number of aldehydes is 1. The van der Waals surface area contributed by atoms with Crippen LogP contribution < -0.4 is 11.5 Å². The summed E-state index contributed by atoms with van der Waals surface area (Å²) in [5.74, 6) is 0. The number of fused-ring (bicyclic) bond motifs is 1. The van der Waals surface area contributed by atoms with Gasteiger partial charge in [0, 0.05) is 17.1 Å². The van der Waals surface area contributed by atoms with Gasteiger partial charge in [-0.2, -0.15) is 0 Å². The molecule has 5 N–H and O–H groups in total. The number of benzene rings is 2. The maximum Gasteiger partial charge on any atom is 0.152 e. The number of hydrogen-bond donors (Lipinski definition) is 3. The van der Waals surface area contributed by atoms with Gasteiger partial charge in [0.1, 0.15) is 0 Å². The van der Waals surface area contributed by atoms with Crippen molar-refractivity contribution >= 4 is 40.2 Å². The zero-order valence-electron chi connectivity index (χ0n) is 10.6. The van der Waals surface area contributed by atoms with Gasteiger partial charge in [0.2, 0.25) is 0 Å². The first-order valence-corrected chi connectivity index (χ1v) is 6.32. The summed E-state index contributed by atoms with van der Waals surface area (Å²) in [5, 5.41) is 1.51. The largest absolute Gasteiger partial charge is 0.397 e. The molecule has 0 spiro atoms. The van der Waals surface area contributed by atoms with E-state index in [9.17, 15) is 4.79 Å². The van der Waals surface area contributed by atoms with Gasteiger partial charge in [-0.05, 0) is 18.2 Å². The zero-order chi connectivity index (χ0) is 14.5. The average Bonchev–Trinajstić information content (AvgIpc) is 2.87. The van der Waals surface area contributed by atoms with Crippen molar-refractivity contribution in [1.29, 1.82) is 0 Å². The molecule has 0 radical (unpaired) electrons. The summed E-state index contributed by atoms with van der Waals surface area (Å²) in [6.45, 7) is 0. The Morgan fingerprint density at radius 3 is 2.20 bits per heavy atom. The van der Waals surface area contributed by atoms with Crippen molar-refractivity contribution in [3.63, 3.8) is 0 Å². The van der Waals surface area contributed by atoms with Gasteiger partial charge in [-0.25, -0.2) is 0 Å². The highest BCUT2D eigenvalue weighted by Gasteiger charge is 2.03. The van der Waals surface area contributed by atoms with Crippen LogP contribution in [0.2, 0.25) is 5.02 Å². The van der Waals surface area contributed by atoms with Crippen molar-refractivity contribution < 1.29 is 4.79 Å². The second-order valence-corrected chi connectivity index (χ2v) is 4.56. The molecule has 0 atom stereocenters. The van der Waals surface area contributed by atoms with Gasteiger partial charge >= 0.3 is 0 Å². The fourth-order valence-electron chi connectivity index (χ4n) is 1.75. The van der Waals surface area contributed by atoms with Gasteiger partial charge in [0.05, 0.1) is 21.9 Å². The van der Waals surface area contributed by atoms with Crippen LogP contribution in [0.15, 0.2) is 48.7 Å². The number of nitrogens with two attached hydrogens (primary N) is 2. The molecule has 3 aromatic rings. The van der Waals surface area contributed by atoms with E-state index in [4.69, 9.17) is 23.1 Å². The highest BCUT2D eigenvalue weighted by molar-refractivity contribution is 6.35. The Morgan fingerprint density at radius 2 is 1.65 bits per heavy atom. The molecule has 5 heteroatoms. The third kappa shape index (κ3) is 2.92. The van der Waals surface area contributed by atoms with E-state index < -0.39 is 0 Å². The van der Waals surface area contributed by atoms with E-state index >= 15 is 0 Å². The van der Waals surface area contributed by atoms with Crippen LogP contribution in [0.4, 0.5) is 11.4 Å². The summed E-state index contributed by atoms with van der Waals surface area (Å²) in [7, 11) is 0. The number of nitrogens with one attached hydrogen (secondary N) is 1. The number of hydrogen-bond acceptors (Lipinski definition) is 3. The molecule has 1 aromatic heterocycles. The van der Waals surface area contributed by atoms with E-state index in [0.717, 1.165) is 17.2 Å². The van der Waals surface area contributed by atoms with Gasteiger partial charge in [0.25, 0.3) is 0 Å². The van der Waals surface area contributed by atoms with Gasteiger partial charge < -0.3 is 16.5 Å². The number of carbonyl (C=O) groups excluding carboxylic acids is 1. The molecule has 0 aliphatic carbocycles. The number of aromatic amines is 1. The lowest BCUT2D eigenvalue weighted by Gasteiger charge is -1.94. The molecule has 102 valence electrons. The number of nitrogen functional groups attached to an aromatic ring is 2. The molecule has 0 saturated carbocycles. The lowest BCUT2D eigenvalue weighted by Crippen LogP contribution is -1.91. The Morgan fingerprint density at radius 1 is 1.00 bits per heavy atom. The normalized spacial score (nSPS) is 9.85. The number of halogens is 1. The number of anilines is 2. The van der Waals surface area contributed by atoms with Gasteiger partial charge in [-0.15, -0.1) is 0 Å². The molecule has 0 amide bonds. The summed E-state index contributed by atoms with van der Waals surface area (Å²) >= 11 is 5.88. The van der Waals surface area contributed by atoms with Crippen molar-refractivity contribution in [2.24, 2.45) is 0 Å². The molecule has 0 fully saturated rings. The third-order valence-electron chi connectivity index (χ3n) is 2.82. The first-order chi connectivity index (χ1) is 9.63. The molecule has 0 saturated heterocycles. The molecular formula is C15H14ClN3O. The fourth-order valence-corrected chi connectivity index (χ4v) is 1.98. The Balaban J connectivity index is 0.000000160. The molecule has 4 nitrogen and oxygen atoms in total. The van der Waals surface area contributed by atoms with E-state index in [0.29, 0.717) is 22.0 Å². The van der Waals surface area contributed by atoms with Crippen LogP contribution in [0.25, 0.3) is 10.9 Å². The molecule has 0 bridgehead atoms. The molecule has 0 aliphatic rings. The molecule has 0 aliphatic heterocycles. The van der Waals surface area contributed by atoms with E-state index in [-0.39, 0.29) is 0 Å². The van der Waals surface area contributed by atoms with Gasteiger partial charge in [-0.3, -0.25) is 4.79 Å². The summed E-state index contributed by atoms with van der Waals surface area (Å²) in [4.78, 5) is 13.5. The first-order valence-electron chi connectivity index (χ1n) is 5.94. The molecule has 2 aromatic carbocycles. The van der Waals surface area contributed by atoms with Crippen molar-refractivity contribution in [3.8, 4) is 0 Å². The van der Waals surface area contributed by atoms with Crippen LogP contribution >= 0.6 is 11.6 Å². The molecule has 20 heavy (non-hydrogen) atoms. The third-order valence-corrected chi connectivity index (χ3v) is 3.13. The Kier molecular flexibility index (Phi) is 4.27. The van der Waals surface area contributed by atoms with Crippen molar-refractivity contribution in [3.05, 3.63) is 59.2 Å². The maximum atomic E-state index is 10.5. The smallest absolute Gasteiger partial charge is 0.152 e. The first kappa shape index (κ1) is 14.0. The van der Waals surface area contributed by atoms with Crippen LogP contribution in [0.5, 0.6) is 0 Å². The highest BCUT2D eigenvalue weighted by Crippen LogP contribution is 2.23. The molecule has 3 rings (SSSR count). The highest BCUT2D eigenvalue weighted by atomic mass is 35.5. The Hall–Kier alpha value is -2.46. The molecule has 0 unspecified atom stereocenters. The minimum atomic E-state index is 0.639. The topological polar surface area (TPSA) is 84.9 Å². The Bertz CT molecular complexity index is 716. The number of aromatic nitrogens is 1. The van der Waals surface area contributed by atoms with E-state index in [1.807, 2.05) is 24.3 Å². The fraction of sp³-hybridized carbons (Fsp3) is 0. The second-order valence-electron chi connectivity index (χ2n) is 4.15. The minimum Gasteiger partial charge on any atom is -0.397 e. The van der Waals surface area contributed by atoms with Gasteiger partial charge in [0.15, 0.2) is 6.29 Å². The van der Waals surface area contributed by atoms with Crippen LogP contribution in [-0.2, 0) is 0 Å². The summed E-state index contributed by atoms with van der Waals surface area (Å²) in [6.07, 6.45) is 2.47. The number of para-hydroxylation sites is 3.